The van der Waals surface area contributed by atoms with E-state index in [4.69, 9.17) is 15.4 Å². The van der Waals surface area contributed by atoms with Gasteiger partial charge in [-0.2, -0.15) is 0 Å². The lowest BCUT2D eigenvalue weighted by Crippen LogP contribution is -2.30. The van der Waals surface area contributed by atoms with Gasteiger partial charge < -0.3 is 10.1 Å². The fraction of sp³-hybridized carbons (Fsp3) is 1.00. The molecule has 1 heterocycles. The Balaban J connectivity index is 0.000000223. The van der Waals surface area contributed by atoms with Crippen LogP contribution in [0, 0.1) is 0 Å². The molecule has 1 saturated heterocycles. The largest absolute Gasteiger partial charge is 0.379 e. The molecule has 13 heavy (non-hydrogen) atoms. The average molecular weight is 230 g/mol. The van der Waals surface area contributed by atoms with Crippen LogP contribution >= 0.6 is 10.7 Å². The Morgan fingerprint density at radius 2 is 1.92 bits per heavy atom. The molecule has 0 unspecified atom stereocenters. The van der Waals surface area contributed by atoms with E-state index in [1.807, 2.05) is 0 Å². The highest BCUT2D eigenvalue weighted by molar-refractivity contribution is 8.13. The SMILES string of the molecule is C1COCCN1.CCCS(=O)(=O)Cl. The first-order valence-electron chi connectivity index (χ1n) is 4.27. The molecule has 0 saturated carbocycles. The van der Waals surface area contributed by atoms with Crippen molar-refractivity contribution in [1.29, 1.82) is 0 Å². The summed E-state index contributed by atoms with van der Waals surface area (Å²) in [6.07, 6.45) is 0.589. The van der Waals surface area contributed by atoms with E-state index in [0.717, 1.165) is 26.3 Å². The third-order valence-electron chi connectivity index (χ3n) is 1.29. The molecule has 1 fully saturated rings. The molecule has 0 spiro atoms. The molecule has 0 aromatic carbocycles. The molecule has 1 rings (SSSR count). The maximum Gasteiger partial charge on any atom is 0.232 e. The molecule has 0 aromatic heterocycles. The summed E-state index contributed by atoms with van der Waals surface area (Å²) in [5, 5.41) is 3.16. The minimum Gasteiger partial charge on any atom is -0.379 e. The summed E-state index contributed by atoms with van der Waals surface area (Å²) >= 11 is 0. The quantitative estimate of drug-likeness (QED) is 0.704. The summed E-state index contributed by atoms with van der Waals surface area (Å²) in [4.78, 5) is 0. The Labute approximate surface area is 84.0 Å². The number of nitrogens with one attached hydrogen (secondary N) is 1. The van der Waals surface area contributed by atoms with E-state index in [0.29, 0.717) is 6.42 Å². The van der Waals surface area contributed by atoms with Crippen LogP contribution in [-0.2, 0) is 13.8 Å². The van der Waals surface area contributed by atoms with Crippen LogP contribution in [-0.4, -0.2) is 40.5 Å². The van der Waals surface area contributed by atoms with Gasteiger partial charge in [0.15, 0.2) is 0 Å². The predicted octanol–water partition coefficient (Wildman–Crippen LogP) is 0.571. The van der Waals surface area contributed by atoms with Crippen molar-refractivity contribution in [2.45, 2.75) is 13.3 Å². The van der Waals surface area contributed by atoms with E-state index in [2.05, 4.69) is 5.32 Å². The average Bonchev–Trinajstić information content (AvgIpc) is 2.06. The second-order valence-corrected chi connectivity index (χ2v) is 5.50. The molecular weight excluding hydrogens is 214 g/mol. The predicted molar refractivity (Wildman–Crippen MR) is 53.6 cm³/mol. The Hall–Kier alpha value is 0.160. The van der Waals surface area contributed by atoms with Crippen molar-refractivity contribution < 1.29 is 13.2 Å². The first-order chi connectivity index (χ1) is 6.06. The van der Waals surface area contributed by atoms with Crippen LogP contribution in [0.5, 0.6) is 0 Å². The number of hydrogen-bond acceptors (Lipinski definition) is 4. The normalized spacial score (nSPS) is 17.4. The molecule has 0 aromatic rings. The lowest BCUT2D eigenvalue weighted by molar-refractivity contribution is 0.109. The molecule has 0 aliphatic carbocycles. The van der Waals surface area contributed by atoms with Gasteiger partial charge in [0.05, 0.1) is 19.0 Å². The fourth-order valence-electron chi connectivity index (χ4n) is 0.760. The molecule has 0 bridgehead atoms. The summed E-state index contributed by atoms with van der Waals surface area (Å²) in [6.45, 7) is 5.60. The first kappa shape index (κ1) is 13.2. The fourth-order valence-corrected chi connectivity index (χ4v) is 1.71. The third kappa shape index (κ3) is 12.2. The maximum atomic E-state index is 10.00. The van der Waals surface area contributed by atoms with E-state index in [-0.39, 0.29) is 5.75 Å². The molecule has 4 nitrogen and oxygen atoms in total. The second-order valence-electron chi connectivity index (χ2n) is 2.61. The van der Waals surface area contributed by atoms with Gasteiger partial charge >= 0.3 is 0 Å². The van der Waals surface area contributed by atoms with Gasteiger partial charge in [0.1, 0.15) is 0 Å². The summed E-state index contributed by atoms with van der Waals surface area (Å²) in [6, 6.07) is 0. The van der Waals surface area contributed by atoms with Crippen molar-refractivity contribution in [3.63, 3.8) is 0 Å². The van der Waals surface area contributed by atoms with Crippen LogP contribution in [0.4, 0.5) is 0 Å². The van der Waals surface area contributed by atoms with Crippen molar-refractivity contribution in [2.75, 3.05) is 32.1 Å². The van der Waals surface area contributed by atoms with Crippen molar-refractivity contribution in [3.8, 4) is 0 Å². The smallest absolute Gasteiger partial charge is 0.232 e. The van der Waals surface area contributed by atoms with Crippen molar-refractivity contribution in [1.82, 2.24) is 5.32 Å². The van der Waals surface area contributed by atoms with E-state index in [1.54, 1.807) is 6.92 Å². The van der Waals surface area contributed by atoms with Crippen LogP contribution in [0.3, 0.4) is 0 Å². The highest BCUT2D eigenvalue weighted by Crippen LogP contribution is 1.96. The highest BCUT2D eigenvalue weighted by Gasteiger charge is 1.99. The Morgan fingerprint density at radius 3 is 2.00 bits per heavy atom. The first-order valence-corrected chi connectivity index (χ1v) is 6.75. The van der Waals surface area contributed by atoms with Crippen LogP contribution in [0.1, 0.15) is 13.3 Å². The van der Waals surface area contributed by atoms with Crippen molar-refractivity contribution >= 4 is 19.7 Å². The molecule has 1 N–H and O–H groups in total. The summed E-state index contributed by atoms with van der Waals surface area (Å²) < 4.78 is 25.0. The van der Waals surface area contributed by atoms with Crippen LogP contribution < -0.4 is 5.32 Å². The van der Waals surface area contributed by atoms with Crippen LogP contribution in [0.15, 0.2) is 0 Å². The zero-order valence-electron chi connectivity index (χ0n) is 7.75. The maximum absolute atomic E-state index is 10.00. The van der Waals surface area contributed by atoms with Crippen molar-refractivity contribution in [3.05, 3.63) is 0 Å². The van der Waals surface area contributed by atoms with E-state index >= 15 is 0 Å². The Morgan fingerprint density at radius 1 is 1.38 bits per heavy atom. The van der Waals surface area contributed by atoms with Gasteiger partial charge in [-0.25, -0.2) is 8.42 Å². The van der Waals surface area contributed by atoms with Gasteiger partial charge in [-0.3, -0.25) is 0 Å². The second kappa shape index (κ2) is 7.55. The molecule has 0 radical (unpaired) electrons. The van der Waals surface area contributed by atoms with E-state index < -0.39 is 9.05 Å². The number of hydrogen-bond donors (Lipinski definition) is 1. The van der Waals surface area contributed by atoms with E-state index in [1.165, 1.54) is 0 Å². The molecule has 6 heteroatoms. The molecule has 0 atom stereocenters. The zero-order valence-corrected chi connectivity index (χ0v) is 9.33. The van der Waals surface area contributed by atoms with Crippen LogP contribution in [0.25, 0.3) is 0 Å². The zero-order chi connectivity index (χ0) is 10.2. The lowest BCUT2D eigenvalue weighted by Gasteiger charge is -2.10. The van der Waals surface area contributed by atoms with Gasteiger partial charge in [-0.1, -0.05) is 6.92 Å². The number of rotatable bonds is 2. The summed E-state index contributed by atoms with van der Waals surface area (Å²) in [5.74, 6) is 0.0779. The molecular formula is C7H16ClNO3S. The van der Waals surface area contributed by atoms with Gasteiger partial charge in [0.2, 0.25) is 9.05 Å². The van der Waals surface area contributed by atoms with E-state index in [9.17, 15) is 8.42 Å². The summed E-state index contributed by atoms with van der Waals surface area (Å²) in [5.41, 5.74) is 0. The minimum atomic E-state index is -3.20. The topological polar surface area (TPSA) is 55.4 Å². The van der Waals surface area contributed by atoms with Gasteiger partial charge in [0, 0.05) is 23.8 Å². The van der Waals surface area contributed by atoms with Gasteiger partial charge in [-0.15, -0.1) is 0 Å². The van der Waals surface area contributed by atoms with Gasteiger partial charge in [0.25, 0.3) is 0 Å². The Bertz CT molecular complexity index is 190. The lowest BCUT2D eigenvalue weighted by atomic mass is 10.5. The third-order valence-corrected chi connectivity index (χ3v) is 2.65. The van der Waals surface area contributed by atoms with Crippen LogP contribution in [0.2, 0.25) is 0 Å². The van der Waals surface area contributed by atoms with Crippen molar-refractivity contribution in [2.24, 2.45) is 0 Å². The molecule has 80 valence electrons. The van der Waals surface area contributed by atoms with Gasteiger partial charge in [-0.05, 0) is 6.42 Å². The molecule has 1 aliphatic heterocycles. The Kier molecular flexibility index (Phi) is 7.65. The highest BCUT2D eigenvalue weighted by atomic mass is 35.7. The summed E-state index contributed by atoms with van der Waals surface area (Å²) in [7, 11) is 1.60. The number of morpholine rings is 1. The molecule has 1 aliphatic rings. The molecule has 0 amide bonds. The number of ether oxygens (including phenoxy) is 1. The number of halogens is 1. The minimum absolute atomic E-state index is 0.0779. The standard InChI is InChI=1S/C4H9NO.C3H7ClO2S/c1-3-6-4-2-5-1;1-2-3-7(4,5)6/h5H,1-4H2;2-3H2,1H3. The monoisotopic (exact) mass is 229 g/mol.